The molecule has 0 aliphatic carbocycles. The van der Waals surface area contributed by atoms with Crippen LogP contribution in [-0.4, -0.2) is 31.7 Å². The Morgan fingerprint density at radius 3 is 2.53 bits per heavy atom. The van der Waals surface area contributed by atoms with Crippen LogP contribution in [0, 0.1) is 11.3 Å². The third kappa shape index (κ3) is 5.04. The zero-order valence-electron chi connectivity index (χ0n) is 11.3. The Labute approximate surface area is 104 Å². The maximum atomic E-state index is 11.8. The Balaban J connectivity index is 2.31. The summed E-state index contributed by atoms with van der Waals surface area (Å²) in [6.07, 6.45) is 2.76. The molecule has 1 saturated heterocycles. The summed E-state index contributed by atoms with van der Waals surface area (Å²) in [5.41, 5.74) is 6.01. The molecule has 1 fully saturated rings. The number of amides is 1. The summed E-state index contributed by atoms with van der Waals surface area (Å²) in [7, 11) is 0. The number of ether oxygens (including phenoxy) is 1. The van der Waals surface area contributed by atoms with Gasteiger partial charge in [0.15, 0.2) is 0 Å². The van der Waals surface area contributed by atoms with Crippen molar-refractivity contribution in [3.8, 4) is 0 Å². The fourth-order valence-electron chi connectivity index (χ4n) is 2.09. The van der Waals surface area contributed by atoms with E-state index in [4.69, 9.17) is 10.5 Å². The molecule has 4 nitrogen and oxygen atoms in total. The number of hydrogen-bond acceptors (Lipinski definition) is 3. The first-order valence-electron chi connectivity index (χ1n) is 6.54. The summed E-state index contributed by atoms with van der Waals surface area (Å²) in [6, 6.07) is -0.376. The second-order valence-corrected chi connectivity index (χ2v) is 5.88. The minimum atomic E-state index is -0.376. The Hall–Kier alpha value is -0.610. The largest absolute Gasteiger partial charge is 0.381 e. The third-order valence-electron chi connectivity index (χ3n) is 3.45. The number of hydrogen-bond donors (Lipinski definition) is 2. The molecule has 1 atom stereocenters. The monoisotopic (exact) mass is 242 g/mol. The highest BCUT2D eigenvalue weighted by Gasteiger charge is 2.28. The molecule has 0 bridgehead atoms. The number of carbonyl (C=O) groups excluding carboxylic acids is 1. The second kappa shape index (κ2) is 6.36. The van der Waals surface area contributed by atoms with Crippen molar-refractivity contribution in [2.24, 2.45) is 17.1 Å². The Morgan fingerprint density at radius 1 is 1.41 bits per heavy atom. The predicted molar refractivity (Wildman–Crippen MR) is 68.6 cm³/mol. The lowest BCUT2D eigenvalue weighted by atomic mass is 9.82. The second-order valence-electron chi connectivity index (χ2n) is 5.88. The van der Waals surface area contributed by atoms with Crippen LogP contribution in [0.4, 0.5) is 0 Å². The third-order valence-corrected chi connectivity index (χ3v) is 3.45. The molecule has 0 radical (unpaired) electrons. The van der Waals surface area contributed by atoms with Gasteiger partial charge < -0.3 is 15.8 Å². The molecule has 0 aromatic rings. The van der Waals surface area contributed by atoms with E-state index in [1.54, 1.807) is 0 Å². The van der Waals surface area contributed by atoms with Gasteiger partial charge >= 0.3 is 0 Å². The number of nitrogens with two attached hydrogens (primary N) is 1. The minimum absolute atomic E-state index is 0.0218. The molecule has 0 aromatic heterocycles. The molecule has 1 heterocycles. The zero-order valence-corrected chi connectivity index (χ0v) is 11.3. The Morgan fingerprint density at radius 2 is 2.00 bits per heavy atom. The average molecular weight is 242 g/mol. The van der Waals surface area contributed by atoms with Crippen molar-refractivity contribution in [1.29, 1.82) is 0 Å². The summed E-state index contributed by atoms with van der Waals surface area (Å²) >= 11 is 0. The van der Waals surface area contributed by atoms with Gasteiger partial charge in [-0.3, -0.25) is 4.79 Å². The molecule has 0 unspecified atom stereocenters. The van der Waals surface area contributed by atoms with Crippen LogP contribution in [-0.2, 0) is 9.53 Å². The highest BCUT2D eigenvalue weighted by Crippen LogP contribution is 2.28. The van der Waals surface area contributed by atoms with Crippen molar-refractivity contribution in [2.75, 3.05) is 19.8 Å². The number of carbonyl (C=O) groups is 1. The van der Waals surface area contributed by atoms with E-state index in [1.165, 1.54) is 0 Å². The van der Waals surface area contributed by atoms with E-state index >= 15 is 0 Å². The smallest absolute Gasteiger partial charge is 0.236 e. The van der Waals surface area contributed by atoms with Crippen LogP contribution in [0.2, 0.25) is 0 Å². The Kier molecular flexibility index (Phi) is 5.40. The molecule has 17 heavy (non-hydrogen) atoms. The molecule has 0 saturated carbocycles. The maximum absolute atomic E-state index is 11.8. The van der Waals surface area contributed by atoms with Crippen molar-refractivity contribution in [3.63, 3.8) is 0 Å². The molecule has 1 aliphatic heterocycles. The molecule has 100 valence electrons. The van der Waals surface area contributed by atoms with Gasteiger partial charge in [0.2, 0.25) is 5.91 Å². The molecule has 1 rings (SSSR count). The molecule has 3 N–H and O–H groups in total. The normalized spacial score (nSPS) is 21.2. The first-order chi connectivity index (χ1) is 7.93. The summed E-state index contributed by atoms with van der Waals surface area (Å²) in [6.45, 7) is 8.65. The van der Waals surface area contributed by atoms with Crippen molar-refractivity contribution < 1.29 is 9.53 Å². The molecular weight excluding hydrogens is 216 g/mol. The van der Waals surface area contributed by atoms with E-state index in [0.717, 1.165) is 32.5 Å². The van der Waals surface area contributed by atoms with Gasteiger partial charge in [0.05, 0.1) is 6.04 Å². The first kappa shape index (κ1) is 14.5. The van der Waals surface area contributed by atoms with Gasteiger partial charge in [0.25, 0.3) is 0 Å². The van der Waals surface area contributed by atoms with E-state index in [1.807, 2.05) is 0 Å². The van der Waals surface area contributed by atoms with Gasteiger partial charge in [0, 0.05) is 19.8 Å². The van der Waals surface area contributed by atoms with Crippen molar-refractivity contribution in [2.45, 2.75) is 46.1 Å². The van der Waals surface area contributed by atoms with Crippen LogP contribution in [0.5, 0.6) is 0 Å². The number of nitrogens with one attached hydrogen (secondary N) is 1. The Bertz CT molecular complexity index is 248. The minimum Gasteiger partial charge on any atom is -0.381 e. The molecule has 1 aliphatic rings. The van der Waals surface area contributed by atoms with Crippen molar-refractivity contribution in [1.82, 2.24) is 5.32 Å². The molecule has 0 spiro atoms. The van der Waals surface area contributed by atoms with Crippen LogP contribution in [0.3, 0.4) is 0 Å². The topological polar surface area (TPSA) is 64.4 Å². The van der Waals surface area contributed by atoms with Crippen LogP contribution < -0.4 is 11.1 Å². The SMILES string of the molecule is CC(C)C[C@@H](N)C(=O)NCC1(C)CCOCC1. The molecular formula is C13H26N2O2. The zero-order chi connectivity index (χ0) is 12.9. The average Bonchev–Trinajstić information content (AvgIpc) is 2.26. The summed E-state index contributed by atoms with van der Waals surface area (Å²) in [5.74, 6) is 0.431. The van der Waals surface area contributed by atoms with E-state index in [-0.39, 0.29) is 17.4 Å². The van der Waals surface area contributed by atoms with Gasteiger partial charge in [-0.1, -0.05) is 20.8 Å². The van der Waals surface area contributed by atoms with Gasteiger partial charge in [-0.25, -0.2) is 0 Å². The highest BCUT2D eigenvalue weighted by molar-refractivity contribution is 5.81. The summed E-state index contributed by atoms with van der Waals surface area (Å²) in [4.78, 5) is 11.8. The lowest BCUT2D eigenvalue weighted by molar-refractivity contribution is -0.123. The lowest BCUT2D eigenvalue weighted by Gasteiger charge is -2.33. The van der Waals surface area contributed by atoms with E-state index in [2.05, 4.69) is 26.1 Å². The lowest BCUT2D eigenvalue weighted by Crippen LogP contribution is -2.46. The molecule has 4 heteroatoms. The van der Waals surface area contributed by atoms with Crippen LogP contribution in [0.1, 0.15) is 40.0 Å². The number of rotatable bonds is 5. The van der Waals surface area contributed by atoms with Gasteiger partial charge in [0.1, 0.15) is 0 Å². The first-order valence-corrected chi connectivity index (χ1v) is 6.54. The maximum Gasteiger partial charge on any atom is 0.236 e. The predicted octanol–water partition coefficient (Wildman–Crippen LogP) is 1.29. The standard InChI is InChI=1S/C13H26N2O2/c1-10(2)8-11(14)12(16)15-9-13(3)4-6-17-7-5-13/h10-11H,4-9,14H2,1-3H3,(H,15,16)/t11-/m1/s1. The van der Waals surface area contributed by atoms with Gasteiger partial charge in [-0.2, -0.15) is 0 Å². The van der Waals surface area contributed by atoms with Crippen molar-refractivity contribution in [3.05, 3.63) is 0 Å². The molecule has 0 aromatic carbocycles. The fourth-order valence-corrected chi connectivity index (χ4v) is 2.09. The van der Waals surface area contributed by atoms with E-state index in [9.17, 15) is 4.79 Å². The van der Waals surface area contributed by atoms with Crippen LogP contribution in [0.15, 0.2) is 0 Å². The van der Waals surface area contributed by atoms with Crippen LogP contribution in [0.25, 0.3) is 0 Å². The summed E-state index contributed by atoms with van der Waals surface area (Å²) < 4.78 is 5.33. The highest BCUT2D eigenvalue weighted by atomic mass is 16.5. The molecule has 1 amide bonds. The summed E-state index contributed by atoms with van der Waals surface area (Å²) in [5, 5.41) is 2.98. The van der Waals surface area contributed by atoms with Crippen molar-refractivity contribution >= 4 is 5.91 Å². The quantitative estimate of drug-likeness (QED) is 0.763. The van der Waals surface area contributed by atoms with E-state index < -0.39 is 0 Å². The van der Waals surface area contributed by atoms with Crippen LogP contribution >= 0.6 is 0 Å². The van der Waals surface area contributed by atoms with Gasteiger partial charge in [-0.15, -0.1) is 0 Å². The van der Waals surface area contributed by atoms with E-state index in [0.29, 0.717) is 12.5 Å². The fraction of sp³-hybridized carbons (Fsp3) is 0.923. The van der Waals surface area contributed by atoms with Gasteiger partial charge in [-0.05, 0) is 30.6 Å².